The highest BCUT2D eigenvalue weighted by molar-refractivity contribution is 7.92. The van der Waals surface area contributed by atoms with E-state index in [1.54, 1.807) is 0 Å². The van der Waals surface area contributed by atoms with Crippen LogP contribution in [0.1, 0.15) is 58.3 Å². The summed E-state index contributed by atoms with van der Waals surface area (Å²) in [6.45, 7) is 8.40. The fourth-order valence-corrected chi connectivity index (χ4v) is 5.92. The van der Waals surface area contributed by atoms with Crippen LogP contribution in [-0.2, 0) is 20.4 Å². The first kappa shape index (κ1) is 21.2. The Morgan fingerprint density at radius 2 is 2.04 bits per heavy atom. The highest BCUT2D eigenvalue weighted by Crippen LogP contribution is 2.47. The van der Waals surface area contributed by atoms with E-state index in [0.717, 1.165) is 28.9 Å². The Kier molecular flexibility index (Phi) is 5.85. The lowest BCUT2D eigenvalue weighted by Crippen LogP contribution is -2.32. The highest BCUT2D eigenvalue weighted by Gasteiger charge is 2.44. The van der Waals surface area contributed by atoms with E-state index in [1.807, 2.05) is 0 Å². The zero-order valence-corrected chi connectivity index (χ0v) is 18.4. The Balaban J connectivity index is 1.77. The largest absolute Gasteiger partial charge is 0.384 e. The second-order valence-corrected chi connectivity index (χ2v) is 11.2. The van der Waals surface area contributed by atoms with Gasteiger partial charge in [0, 0.05) is 12.6 Å². The molecule has 154 valence electrons. The fraction of sp³-hybridized carbons (Fsp3) is 0.600. The van der Waals surface area contributed by atoms with Crippen LogP contribution >= 0.6 is 11.3 Å². The van der Waals surface area contributed by atoms with Crippen LogP contribution in [0.4, 0.5) is 0 Å². The van der Waals surface area contributed by atoms with Crippen molar-refractivity contribution in [2.24, 2.45) is 17.8 Å². The monoisotopic (exact) mass is 424 g/mol. The third kappa shape index (κ3) is 4.39. The molecule has 2 N–H and O–H groups in total. The first-order chi connectivity index (χ1) is 13.0. The maximum absolute atomic E-state index is 12.6. The molecular formula is C20H28N2O4S2. The second kappa shape index (κ2) is 7.72. The van der Waals surface area contributed by atoms with Gasteiger partial charge in [-0.15, -0.1) is 11.3 Å². The van der Waals surface area contributed by atoms with Crippen molar-refractivity contribution in [2.75, 3.05) is 0 Å². The van der Waals surface area contributed by atoms with Crippen LogP contribution in [0.15, 0.2) is 33.8 Å². The first-order valence-corrected chi connectivity index (χ1v) is 12.0. The number of amides is 1. The minimum atomic E-state index is -4.04. The van der Waals surface area contributed by atoms with Gasteiger partial charge in [-0.05, 0) is 42.6 Å². The van der Waals surface area contributed by atoms with E-state index >= 15 is 0 Å². The lowest BCUT2D eigenvalue weighted by molar-refractivity contribution is -0.118. The number of aromatic nitrogens is 1. The standard InChI is InChI=1S/C20H28N2O4S2/c1-12(2)14-6-5-7-15(13(3)4)16(14)10-18(23)22-28(25,26)19-21-11-17(27-19)20(24)8-9-20/h5-6,11-13,15,24H,7-10H2,1-4H3,(H,22,23). The molecular weight excluding hydrogens is 396 g/mol. The average molecular weight is 425 g/mol. The molecule has 1 atom stereocenters. The SMILES string of the molecule is CC(C)C1=C(CC(=O)NS(=O)(=O)c2ncc(C3(O)CC3)s2)C(C(C)C)CC=C1. The van der Waals surface area contributed by atoms with Gasteiger partial charge in [-0.2, -0.15) is 8.42 Å². The average Bonchev–Trinajstić information content (AvgIpc) is 3.14. The third-order valence-corrected chi connectivity index (χ3v) is 8.38. The number of sulfonamides is 1. The van der Waals surface area contributed by atoms with Gasteiger partial charge >= 0.3 is 0 Å². The number of rotatable bonds is 7. The van der Waals surface area contributed by atoms with Crippen molar-refractivity contribution in [3.05, 3.63) is 34.4 Å². The minimum absolute atomic E-state index is 0.0576. The number of aliphatic hydroxyl groups is 1. The molecule has 2 aliphatic carbocycles. The summed E-state index contributed by atoms with van der Waals surface area (Å²) in [6, 6.07) is 0. The number of allylic oxidation sites excluding steroid dienone is 3. The summed E-state index contributed by atoms with van der Waals surface area (Å²) in [5.74, 6) is 0.305. The van der Waals surface area contributed by atoms with E-state index in [1.165, 1.54) is 6.20 Å². The van der Waals surface area contributed by atoms with E-state index in [-0.39, 0.29) is 22.6 Å². The lowest BCUT2D eigenvalue weighted by Gasteiger charge is -2.29. The molecule has 1 fully saturated rings. The van der Waals surface area contributed by atoms with E-state index in [0.29, 0.717) is 23.6 Å². The van der Waals surface area contributed by atoms with Crippen LogP contribution in [0, 0.1) is 17.8 Å². The van der Waals surface area contributed by atoms with Crippen molar-refractivity contribution in [1.82, 2.24) is 9.71 Å². The maximum Gasteiger partial charge on any atom is 0.291 e. The molecule has 1 heterocycles. The van der Waals surface area contributed by atoms with Crippen molar-refractivity contribution < 1.29 is 18.3 Å². The van der Waals surface area contributed by atoms with Crippen molar-refractivity contribution in [2.45, 2.75) is 63.3 Å². The zero-order chi connectivity index (χ0) is 20.7. The van der Waals surface area contributed by atoms with Crippen molar-refractivity contribution >= 4 is 27.3 Å². The van der Waals surface area contributed by atoms with Crippen LogP contribution in [-0.4, -0.2) is 24.4 Å². The summed E-state index contributed by atoms with van der Waals surface area (Å²) in [6.07, 6.45) is 7.72. The summed E-state index contributed by atoms with van der Waals surface area (Å²) in [7, 11) is -4.04. The molecule has 0 aliphatic heterocycles. The summed E-state index contributed by atoms with van der Waals surface area (Å²) in [4.78, 5) is 17.1. The quantitative estimate of drug-likeness (QED) is 0.698. The van der Waals surface area contributed by atoms with Gasteiger partial charge in [0.25, 0.3) is 10.0 Å². The topological polar surface area (TPSA) is 96.4 Å². The molecule has 0 spiro atoms. The summed E-state index contributed by atoms with van der Waals surface area (Å²) < 4.78 is 27.1. The first-order valence-electron chi connectivity index (χ1n) is 9.67. The Bertz CT molecular complexity index is 922. The number of hydrogen-bond acceptors (Lipinski definition) is 6. The Hall–Kier alpha value is -1.51. The predicted molar refractivity (Wildman–Crippen MR) is 109 cm³/mol. The smallest absolute Gasteiger partial charge is 0.291 e. The predicted octanol–water partition coefficient (Wildman–Crippen LogP) is 3.50. The molecule has 28 heavy (non-hydrogen) atoms. The normalized spacial score (nSPS) is 21.5. The number of thiazole rings is 1. The Labute approximate surface area is 170 Å². The number of nitrogens with one attached hydrogen (secondary N) is 1. The molecule has 0 bridgehead atoms. The minimum Gasteiger partial charge on any atom is -0.384 e. The molecule has 6 nitrogen and oxygen atoms in total. The molecule has 0 radical (unpaired) electrons. The maximum atomic E-state index is 12.6. The van der Waals surface area contributed by atoms with Gasteiger partial charge in [0.2, 0.25) is 10.2 Å². The van der Waals surface area contributed by atoms with Crippen LogP contribution in [0.5, 0.6) is 0 Å². The Morgan fingerprint density at radius 3 is 2.61 bits per heavy atom. The van der Waals surface area contributed by atoms with Gasteiger partial charge < -0.3 is 5.11 Å². The van der Waals surface area contributed by atoms with Gasteiger partial charge in [-0.1, -0.05) is 45.4 Å². The molecule has 1 saturated carbocycles. The zero-order valence-electron chi connectivity index (χ0n) is 16.7. The molecule has 1 amide bonds. The van der Waals surface area contributed by atoms with E-state index < -0.39 is 21.5 Å². The van der Waals surface area contributed by atoms with Crippen LogP contribution in [0.2, 0.25) is 0 Å². The van der Waals surface area contributed by atoms with Gasteiger partial charge in [-0.3, -0.25) is 4.79 Å². The van der Waals surface area contributed by atoms with Gasteiger partial charge in [-0.25, -0.2) is 9.71 Å². The number of carbonyl (C=O) groups excluding carboxylic acids is 1. The third-order valence-electron chi connectivity index (χ3n) is 5.43. The summed E-state index contributed by atoms with van der Waals surface area (Å²) in [5, 5.41) is 10.1. The van der Waals surface area contributed by atoms with Crippen molar-refractivity contribution in [3.63, 3.8) is 0 Å². The molecule has 3 rings (SSSR count). The summed E-state index contributed by atoms with van der Waals surface area (Å²) in [5.41, 5.74) is 1.20. The number of carbonyl (C=O) groups is 1. The number of hydrogen-bond donors (Lipinski definition) is 2. The van der Waals surface area contributed by atoms with Crippen LogP contribution in [0.25, 0.3) is 0 Å². The van der Waals surface area contributed by atoms with Gasteiger partial charge in [0.05, 0.1) is 4.88 Å². The fourth-order valence-electron chi connectivity index (χ4n) is 3.64. The molecule has 0 saturated heterocycles. The lowest BCUT2D eigenvalue weighted by atomic mass is 9.76. The van der Waals surface area contributed by atoms with E-state index in [4.69, 9.17) is 0 Å². The Morgan fingerprint density at radius 1 is 1.36 bits per heavy atom. The van der Waals surface area contributed by atoms with Gasteiger partial charge in [0.1, 0.15) is 5.60 Å². The molecule has 8 heteroatoms. The number of nitrogens with zero attached hydrogens (tertiary/aromatic N) is 1. The van der Waals surface area contributed by atoms with E-state index in [9.17, 15) is 18.3 Å². The molecule has 2 aliphatic rings. The molecule has 1 aromatic rings. The van der Waals surface area contributed by atoms with Crippen LogP contribution < -0.4 is 4.72 Å². The molecule has 1 aromatic heterocycles. The molecule has 1 unspecified atom stereocenters. The molecule has 0 aromatic carbocycles. The van der Waals surface area contributed by atoms with E-state index in [2.05, 4.69) is 49.6 Å². The summed E-state index contributed by atoms with van der Waals surface area (Å²) >= 11 is 0.921. The van der Waals surface area contributed by atoms with Gasteiger partial charge in [0.15, 0.2) is 0 Å². The second-order valence-electron chi connectivity index (χ2n) is 8.35. The highest BCUT2D eigenvalue weighted by atomic mass is 32.2. The van der Waals surface area contributed by atoms with Crippen LogP contribution in [0.3, 0.4) is 0 Å². The van der Waals surface area contributed by atoms with Crippen molar-refractivity contribution in [3.8, 4) is 0 Å². The van der Waals surface area contributed by atoms with Crippen molar-refractivity contribution in [1.29, 1.82) is 0 Å².